The van der Waals surface area contributed by atoms with E-state index >= 15 is 0 Å². The second-order valence-corrected chi connectivity index (χ2v) is 13.5. The number of sulfonamides is 1. The van der Waals surface area contributed by atoms with E-state index in [1.54, 1.807) is 54.6 Å². The van der Waals surface area contributed by atoms with Crippen LogP contribution in [0, 0.1) is 13.8 Å². The van der Waals surface area contributed by atoms with Crippen LogP contribution in [0.3, 0.4) is 0 Å². The molecule has 0 saturated carbocycles. The predicted octanol–water partition coefficient (Wildman–Crippen LogP) is 6.71. The fourth-order valence-corrected chi connectivity index (χ4v) is 6.73. The summed E-state index contributed by atoms with van der Waals surface area (Å²) in [6.45, 7) is 5.87. The molecule has 0 aliphatic heterocycles. The van der Waals surface area contributed by atoms with Crippen LogP contribution in [0.15, 0.2) is 108 Å². The Morgan fingerprint density at radius 2 is 1.42 bits per heavy atom. The Labute approximate surface area is 271 Å². The average molecular weight is 646 g/mol. The zero-order valence-corrected chi connectivity index (χ0v) is 27.5. The molecule has 236 valence electrons. The van der Waals surface area contributed by atoms with Crippen molar-refractivity contribution in [2.45, 2.75) is 57.5 Å². The van der Waals surface area contributed by atoms with Gasteiger partial charge in [-0.3, -0.25) is 13.9 Å². The van der Waals surface area contributed by atoms with Crippen LogP contribution < -0.4 is 9.62 Å². The van der Waals surface area contributed by atoms with E-state index in [2.05, 4.69) is 5.32 Å². The monoisotopic (exact) mass is 645 g/mol. The Kier molecular flexibility index (Phi) is 11.8. The van der Waals surface area contributed by atoms with Gasteiger partial charge in [-0.15, -0.1) is 0 Å². The molecule has 1 atom stereocenters. The summed E-state index contributed by atoms with van der Waals surface area (Å²) in [6.07, 6.45) is 1.96. The van der Waals surface area contributed by atoms with E-state index in [4.69, 9.17) is 11.6 Å². The topological polar surface area (TPSA) is 86.8 Å². The average Bonchev–Trinajstić information content (AvgIpc) is 3.02. The Hall–Kier alpha value is -4.14. The molecule has 0 radical (unpaired) electrons. The number of aryl methyl sites for hydroxylation is 2. The van der Waals surface area contributed by atoms with Crippen molar-refractivity contribution in [1.29, 1.82) is 0 Å². The molecule has 4 rings (SSSR count). The number of unbranched alkanes of at least 4 members (excludes halogenated alkanes) is 1. The summed E-state index contributed by atoms with van der Waals surface area (Å²) >= 11 is 6.15. The van der Waals surface area contributed by atoms with E-state index in [0.717, 1.165) is 39.4 Å². The number of hydrogen-bond donors (Lipinski definition) is 1. The highest BCUT2D eigenvalue weighted by molar-refractivity contribution is 7.92. The van der Waals surface area contributed by atoms with Crippen LogP contribution in [0.5, 0.6) is 0 Å². The molecule has 0 aliphatic carbocycles. The van der Waals surface area contributed by atoms with Crippen molar-refractivity contribution in [2.24, 2.45) is 0 Å². The Bertz CT molecular complexity index is 1660. The molecule has 0 heterocycles. The number of hydrogen-bond acceptors (Lipinski definition) is 4. The fraction of sp³-hybridized carbons (Fsp3) is 0.278. The summed E-state index contributed by atoms with van der Waals surface area (Å²) in [5.41, 5.74) is 3.74. The van der Waals surface area contributed by atoms with E-state index in [9.17, 15) is 18.0 Å². The van der Waals surface area contributed by atoms with Crippen molar-refractivity contribution in [1.82, 2.24) is 10.2 Å². The molecule has 4 aromatic rings. The first-order chi connectivity index (χ1) is 21.6. The smallest absolute Gasteiger partial charge is 0.264 e. The van der Waals surface area contributed by atoms with Crippen LogP contribution in [0.2, 0.25) is 5.02 Å². The standard InChI is InChI=1S/C36H40ClN3O4S/c1-4-5-20-38-36(42)34(24-29-12-8-6-9-13-29)39(25-30-16-18-31(37)19-17-30)35(41)26-40(32-22-27(2)21-28(3)23-32)45(43,44)33-14-10-7-11-15-33/h6-19,21-23,34H,4-5,20,24-26H2,1-3H3,(H,38,42). The second kappa shape index (κ2) is 15.7. The van der Waals surface area contributed by atoms with Crippen LogP contribution in [-0.4, -0.2) is 44.3 Å². The van der Waals surface area contributed by atoms with Crippen molar-refractivity contribution >= 4 is 39.1 Å². The van der Waals surface area contributed by atoms with Crippen molar-refractivity contribution in [2.75, 3.05) is 17.4 Å². The van der Waals surface area contributed by atoms with Gasteiger partial charge in [0.15, 0.2) is 0 Å². The molecule has 45 heavy (non-hydrogen) atoms. The van der Waals surface area contributed by atoms with E-state index < -0.39 is 28.5 Å². The number of anilines is 1. The lowest BCUT2D eigenvalue weighted by Gasteiger charge is -2.34. The third-order valence-corrected chi connectivity index (χ3v) is 9.51. The minimum absolute atomic E-state index is 0.0688. The van der Waals surface area contributed by atoms with Crippen LogP contribution in [0.25, 0.3) is 0 Å². The lowest BCUT2D eigenvalue weighted by molar-refractivity contribution is -0.140. The van der Waals surface area contributed by atoms with Gasteiger partial charge in [0.25, 0.3) is 10.0 Å². The normalized spacial score (nSPS) is 11.9. The van der Waals surface area contributed by atoms with E-state index in [-0.39, 0.29) is 23.8 Å². The lowest BCUT2D eigenvalue weighted by Crippen LogP contribution is -2.53. The number of carbonyl (C=O) groups is 2. The lowest BCUT2D eigenvalue weighted by atomic mass is 10.0. The van der Waals surface area contributed by atoms with Gasteiger partial charge in [-0.05, 0) is 78.9 Å². The molecule has 4 aromatic carbocycles. The number of nitrogens with one attached hydrogen (secondary N) is 1. The minimum Gasteiger partial charge on any atom is -0.354 e. The molecule has 9 heteroatoms. The first-order valence-corrected chi connectivity index (χ1v) is 16.9. The van der Waals surface area contributed by atoms with Gasteiger partial charge in [-0.2, -0.15) is 0 Å². The quantitative estimate of drug-likeness (QED) is 0.155. The zero-order valence-electron chi connectivity index (χ0n) is 25.9. The fourth-order valence-electron chi connectivity index (χ4n) is 5.19. The SMILES string of the molecule is CCCCNC(=O)C(Cc1ccccc1)N(Cc1ccc(Cl)cc1)C(=O)CN(c1cc(C)cc(C)c1)S(=O)(=O)c1ccccc1. The molecule has 0 aromatic heterocycles. The minimum atomic E-state index is -4.15. The van der Waals surface area contributed by atoms with E-state index in [0.29, 0.717) is 17.3 Å². The highest BCUT2D eigenvalue weighted by Gasteiger charge is 2.34. The molecule has 7 nitrogen and oxygen atoms in total. The zero-order chi connectivity index (χ0) is 32.4. The number of carbonyl (C=O) groups excluding carboxylic acids is 2. The summed E-state index contributed by atoms with van der Waals surface area (Å²) < 4.78 is 29.4. The second-order valence-electron chi connectivity index (χ2n) is 11.2. The van der Waals surface area contributed by atoms with Crippen LogP contribution >= 0.6 is 11.6 Å². The molecular formula is C36H40ClN3O4S. The van der Waals surface area contributed by atoms with Gasteiger partial charge in [0, 0.05) is 24.5 Å². The number of benzene rings is 4. The van der Waals surface area contributed by atoms with Gasteiger partial charge in [-0.25, -0.2) is 8.42 Å². The molecule has 1 N–H and O–H groups in total. The van der Waals surface area contributed by atoms with Gasteiger partial charge >= 0.3 is 0 Å². The Morgan fingerprint density at radius 1 is 0.822 bits per heavy atom. The molecule has 1 unspecified atom stereocenters. The van der Waals surface area contributed by atoms with Crippen LogP contribution in [-0.2, 0) is 32.6 Å². The largest absolute Gasteiger partial charge is 0.354 e. The predicted molar refractivity (Wildman–Crippen MR) is 181 cm³/mol. The van der Waals surface area contributed by atoms with Gasteiger partial charge in [0.1, 0.15) is 12.6 Å². The van der Waals surface area contributed by atoms with Crippen molar-refractivity contribution in [3.8, 4) is 0 Å². The molecule has 2 amide bonds. The summed E-state index contributed by atoms with van der Waals surface area (Å²) in [5, 5.41) is 3.55. The maximum absolute atomic E-state index is 14.5. The van der Waals surface area contributed by atoms with Crippen molar-refractivity contribution < 1.29 is 18.0 Å². The van der Waals surface area contributed by atoms with E-state index in [1.807, 2.05) is 57.2 Å². The first-order valence-electron chi connectivity index (χ1n) is 15.1. The maximum atomic E-state index is 14.5. The first kappa shape index (κ1) is 33.7. The molecular weight excluding hydrogens is 606 g/mol. The number of nitrogens with zero attached hydrogens (tertiary/aromatic N) is 2. The Balaban J connectivity index is 1.80. The van der Waals surface area contributed by atoms with Crippen LogP contribution in [0.4, 0.5) is 5.69 Å². The molecule has 0 bridgehead atoms. The summed E-state index contributed by atoms with van der Waals surface area (Å²) in [4.78, 5) is 29.9. The third-order valence-electron chi connectivity index (χ3n) is 7.47. The highest BCUT2D eigenvalue weighted by Crippen LogP contribution is 2.27. The summed E-state index contributed by atoms with van der Waals surface area (Å²) in [5.74, 6) is -0.798. The highest BCUT2D eigenvalue weighted by atomic mass is 35.5. The number of amides is 2. The van der Waals surface area contributed by atoms with E-state index in [1.165, 1.54) is 17.0 Å². The third kappa shape index (κ3) is 9.19. The van der Waals surface area contributed by atoms with Crippen LogP contribution in [0.1, 0.15) is 42.0 Å². The summed E-state index contributed by atoms with van der Waals surface area (Å²) in [6, 6.07) is 29.2. The van der Waals surface area contributed by atoms with Gasteiger partial charge in [-0.1, -0.05) is 91.7 Å². The molecule has 0 fully saturated rings. The van der Waals surface area contributed by atoms with Gasteiger partial charge < -0.3 is 10.2 Å². The van der Waals surface area contributed by atoms with Crippen molar-refractivity contribution in [3.05, 3.63) is 130 Å². The van der Waals surface area contributed by atoms with Gasteiger partial charge in [0.05, 0.1) is 10.6 Å². The van der Waals surface area contributed by atoms with Gasteiger partial charge in [0.2, 0.25) is 11.8 Å². The summed E-state index contributed by atoms with van der Waals surface area (Å²) in [7, 11) is -4.15. The molecule has 0 saturated heterocycles. The number of halogens is 1. The molecule has 0 aliphatic rings. The maximum Gasteiger partial charge on any atom is 0.264 e. The molecule has 0 spiro atoms. The number of rotatable bonds is 14. The Morgan fingerprint density at radius 3 is 2.02 bits per heavy atom. The van der Waals surface area contributed by atoms with Crippen molar-refractivity contribution in [3.63, 3.8) is 0 Å².